The lowest BCUT2D eigenvalue weighted by molar-refractivity contribution is 0.247. The second kappa shape index (κ2) is 13.9. The molecule has 1 aromatic rings. The summed E-state index contributed by atoms with van der Waals surface area (Å²) < 4.78 is 0. The van der Waals surface area contributed by atoms with Crippen LogP contribution < -0.4 is 0 Å². The van der Waals surface area contributed by atoms with Crippen LogP contribution in [0.2, 0.25) is 0 Å². The highest BCUT2D eigenvalue weighted by Gasteiger charge is 2.17. The summed E-state index contributed by atoms with van der Waals surface area (Å²) in [5.41, 5.74) is 2.36. The van der Waals surface area contributed by atoms with Crippen molar-refractivity contribution in [1.82, 2.24) is 4.90 Å². The fraction of sp³-hybridized carbons (Fsp3) is 0.760. The van der Waals surface area contributed by atoms with Gasteiger partial charge in [-0.15, -0.1) is 0 Å². The van der Waals surface area contributed by atoms with Crippen LogP contribution in [-0.4, -0.2) is 28.2 Å². The summed E-state index contributed by atoms with van der Waals surface area (Å²) in [4.78, 5) is 2.49. The van der Waals surface area contributed by atoms with Crippen molar-refractivity contribution in [3.8, 4) is 11.5 Å². The Balaban J connectivity index is 1.40. The number of aromatic hydroxyl groups is 2. The van der Waals surface area contributed by atoms with E-state index < -0.39 is 0 Å². The Morgan fingerprint density at radius 1 is 0.679 bits per heavy atom. The maximum atomic E-state index is 9.70. The Morgan fingerprint density at radius 3 is 1.68 bits per heavy atom. The van der Waals surface area contributed by atoms with E-state index >= 15 is 0 Å². The summed E-state index contributed by atoms with van der Waals surface area (Å²) in [6, 6.07) is 3.47. The molecule has 0 atom stereocenters. The molecule has 0 saturated carbocycles. The van der Waals surface area contributed by atoms with E-state index in [1.807, 2.05) is 0 Å². The third kappa shape index (κ3) is 8.86. The first-order valence-corrected chi connectivity index (χ1v) is 12.0. The maximum absolute atomic E-state index is 9.70. The van der Waals surface area contributed by atoms with Crippen molar-refractivity contribution in [1.29, 1.82) is 0 Å². The first kappa shape index (κ1) is 23.1. The SMILES string of the molecule is CCCCCCCCCCCCCCCCN1CCc2cc(O)c(O)cc2C1. The van der Waals surface area contributed by atoms with E-state index in [1.54, 1.807) is 12.1 Å². The molecule has 2 rings (SSSR count). The molecule has 1 heterocycles. The van der Waals surface area contributed by atoms with Crippen LogP contribution >= 0.6 is 0 Å². The zero-order valence-electron chi connectivity index (χ0n) is 18.2. The number of benzene rings is 1. The standard InChI is InChI=1S/C25H43NO2/c1-2-3-4-5-6-7-8-9-10-11-12-13-14-15-17-26-18-16-22-19-24(27)25(28)20-23(22)21-26/h19-20,27-28H,2-18,21H2,1H3. The summed E-state index contributed by atoms with van der Waals surface area (Å²) >= 11 is 0. The van der Waals surface area contributed by atoms with E-state index in [-0.39, 0.29) is 11.5 Å². The van der Waals surface area contributed by atoms with Gasteiger partial charge < -0.3 is 10.2 Å². The summed E-state index contributed by atoms with van der Waals surface area (Å²) in [6.45, 7) is 5.41. The summed E-state index contributed by atoms with van der Waals surface area (Å²) in [5.74, 6) is 0.0243. The lowest BCUT2D eigenvalue weighted by Crippen LogP contribution is -2.31. The zero-order chi connectivity index (χ0) is 20.0. The molecule has 1 aliphatic rings. The molecule has 0 fully saturated rings. The molecule has 2 N–H and O–H groups in total. The van der Waals surface area contributed by atoms with Gasteiger partial charge in [-0.2, -0.15) is 0 Å². The van der Waals surface area contributed by atoms with E-state index in [1.165, 1.54) is 101 Å². The number of unbranched alkanes of at least 4 members (excludes halogenated alkanes) is 13. The van der Waals surface area contributed by atoms with E-state index in [0.29, 0.717) is 0 Å². The van der Waals surface area contributed by atoms with Crippen molar-refractivity contribution in [3.63, 3.8) is 0 Å². The number of phenols is 2. The molecule has 0 spiro atoms. The molecular formula is C25H43NO2. The predicted molar refractivity (Wildman–Crippen MR) is 119 cm³/mol. The number of hydrogen-bond donors (Lipinski definition) is 2. The molecule has 0 saturated heterocycles. The second-order valence-corrected chi connectivity index (χ2v) is 8.73. The van der Waals surface area contributed by atoms with Gasteiger partial charge in [-0.25, -0.2) is 0 Å². The van der Waals surface area contributed by atoms with Crippen molar-refractivity contribution in [2.45, 2.75) is 110 Å². The lowest BCUT2D eigenvalue weighted by atomic mass is 9.98. The predicted octanol–water partition coefficient (Wildman–Crippen LogP) is 6.94. The van der Waals surface area contributed by atoms with E-state index in [4.69, 9.17) is 0 Å². The first-order valence-electron chi connectivity index (χ1n) is 12.0. The molecule has 0 amide bonds. The molecule has 1 aliphatic heterocycles. The third-order valence-electron chi connectivity index (χ3n) is 6.22. The molecule has 3 heteroatoms. The van der Waals surface area contributed by atoms with Crippen LogP contribution in [0.4, 0.5) is 0 Å². The molecule has 160 valence electrons. The van der Waals surface area contributed by atoms with Crippen molar-refractivity contribution in [2.24, 2.45) is 0 Å². The minimum Gasteiger partial charge on any atom is -0.504 e. The highest BCUT2D eigenvalue weighted by molar-refractivity contribution is 5.46. The number of fused-ring (bicyclic) bond motifs is 1. The van der Waals surface area contributed by atoms with Gasteiger partial charge in [-0.1, -0.05) is 90.4 Å². The normalized spacial score (nSPS) is 14.3. The Hall–Kier alpha value is -1.22. The van der Waals surface area contributed by atoms with Crippen LogP contribution in [0.25, 0.3) is 0 Å². The number of rotatable bonds is 15. The van der Waals surface area contributed by atoms with E-state index in [2.05, 4.69) is 11.8 Å². The minimum atomic E-state index is 0.0112. The average molecular weight is 390 g/mol. The van der Waals surface area contributed by atoms with Crippen molar-refractivity contribution >= 4 is 0 Å². The lowest BCUT2D eigenvalue weighted by Gasteiger charge is -2.29. The quantitative estimate of drug-likeness (QED) is 0.252. The van der Waals surface area contributed by atoms with Gasteiger partial charge in [0.15, 0.2) is 11.5 Å². The van der Waals surface area contributed by atoms with Gasteiger partial charge in [0, 0.05) is 13.1 Å². The van der Waals surface area contributed by atoms with Crippen LogP contribution in [-0.2, 0) is 13.0 Å². The van der Waals surface area contributed by atoms with Gasteiger partial charge in [0.2, 0.25) is 0 Å². The van der Waals surface area contributed by atoms with Gasteiger partial charge in [0.1, 0.15) is 0 Å². The van der Waals surface area contributed by atoms with Gasteiger partial charge in [0.25, 0.3) is 0 Å². The first-order chi connectivity index (χ1) is 13.7. The van der Waals surface area contributed by atoms with Crippen molar-refractivity contribution in [2.75, 3.05) is 13.1 Å². The largest absolute Gasteiger partial charge is 0.504 e. The topological polar surface area (TPSA) is 43.7 Å². The van der Waals surface area contributed by atoms with Crippen LogP contribution in [0.1, 0.15) is 108 Å². The van der Waals surface area contributed by atoms with E-state index in [9.17, 15) is 10.2 Å². The average Bonchev–Trinajstić information content (AvgIpc) is 2.69. The summed E-state index contributed by atoms with van der Waals surface area (Å²) in [5, 5.41) is 19.3. The molecule has 1 aromatic carbocycles. The van der Waals surface area contributed by atoms with Gasteiger partial charge >= 0.3 is 0 Å². The van der Waals surface area contributed by atoms with Crippen molar-refractivity contribution in [3.05, 3.63) is 23.3 Å². The van der Waals surface area contributed by atoms with Crippen LogP contribution in [0.5, 0.6) is 11.5 Å². The molecule has 0 bridgehead atoms. The molecule has 0 aliphatic carbocycles. The number of hydrogen-bond acceptors (Lipinski definition) is 3. The van der Waals surface area contributed by atoms with Gasteiger partial charge in [0.05, 0.1) is 0 Å². The number of phenolic OH excluding ortho intramolecular Hbond substituents is 2. The monoisotopic (exact) mass is 389 g/mol. The zero-order valence-corrected chi connectivity index (χ0v) is 18.2. The molecule has 0 aromatic heterocycles. The maximum Gasteiger partial charge on any atom is 0.157 e. The van der Waals surface area contributed by atoms with Gasteiger partial charge in [-0.3, -0.25) is 4.90 Å². The fourth-order valence-corrected chi connectivity index (χ4v) is 4.36. The van der Waals surface area contributed by atoms with Crippen LogP contribution in [0.3, 0.4) is 0 Å². The molecule has 3 nitrogen and oxygen atoms in total. The van der Waals surface area contributed by atoms with E-state index in [0.717, 1.165) is 26.1 Å². The van der Waals surface area contributed by atoms with Crippen molar-refractivity contribution < 1.29 is 10.2 Å². The van der Waals surface area contributed by atoms with Crippen LogP contribution in [0.15, 0.2) is 12.1 Å². The van der Waals surface area contributed by atoms with Crippen LogP contribution in [0, 0.1) is 0 Å². The second-order valence-electron chi connectivity index (χ2n) is 8.73. The Kier molecular flexibility index (Phi) is 11.4. The summed E-state index contributed by atoms with van der Waals surface area (Å²) in [6.07, 6.45) is 20.6. The Labute approximate surface area is 173 Å². The van der Waals surface area contributed by atoms with Gasteiger partial charge in [-0.05, 0) is 42.6 Å². The minimum absolute atomic E-state index is 0.0112. The fourth-order valence-electron chi connectivity index (χ4n) is 4.36. The Bertz CT molecular complexity index is 544. The third-order valence-corrected chi connectivity index (χ3v) is 6.22. The summed E-state index contributed by atoms with van der Waals surface area (Å²) in [7, 11) is 0. The Morgan fingerprint density at radius 2 is 1.14 bits per heavy atom. The molecule has 28 heavy (non-hydrogen) atoms. The molecule has 0 radical (unpaired) electrons. The smallest absolute Gasteiger partial charge is 0.157 e. The molecular weight excluding hydrogens is 346 g/mol. The highest BCUT2D eigenvalue weighted by Crippen LogP contribution is 2.31. The number of nitrogens with zero attached hydrogens (tertiary/aromatic N) is 1. The molecule has 0 unspecified atom stereocenters. The highest BCUT2D eigenvalue weighted by atomic mass is 16.3.